The number of hydrogen-bond donors (Lipinski definition) is 1. The van der Waals surface area contributed by atoms with Crippen molar-refractivity contribution in [1.82, 2.24) is 9.72 Å². The highest BCUT2D eigenvalue weighted by atomic mass is 35.5. The van der Waals surface area contributed by atoms with Crippen LogP contribution < -0.4 is 4.74 Å². The van der Waals surface area contributed by atoms with Gasteiger partial charge in [0.15, 0.2) is 0 Å². The molecule has 0 bridgehead atoms. The summed E-state index contributed by atoms with van der Waals surface area (Å²) in [6, 6.07) is 19.1. The molecule has 0 aliphatic carbocycles. The minimum Gasteiger partial charge on any atom is -0.489 e. The summed E-state index contributed by atoms with van der Waals surface area (Å²) in [7, 11) is 0. The molecule has 8 heteroatoms. The molecule has 0 spiro atoms. The second kappa shape index (κ2) is 10.8. The van der Waals surface area contributed by atoms with Crippen LogP contribution in [-0.2, 0) is 6.61 Å². The lowest BCUT2D eigenvalue weighted by Crippen LogP contribution is -2.01. The number of nitrogens with zero attached hydrogens (tertiary/aromatic N) is 2. The van der Waals surface area contributed by atoms with E-state index in [1.165, 1.54) is 0 Å². The van der Waals surface area contributed by atoms with Gasteiger partial charge >= 0.3 is 5.97 Å². The monoisotopic (exact) mass is 562 g/mol. The molecule has 2 aromatic heterocycles. The van der Waals surface area contributed by atoms with Crippen LogP contribution in [0.4, 0.5) is 0 Å². The number of aromatic nitrogens is 2. The van der Waals surface area contributed by atoms with E-state index in [0.717, 1.165) is 33.4 Å². The number of aromatic carboxylic acids is 1. The molecule has 3 aromatic carbocycles. The van der Waals surface area contributed by atoms with Crippen LogP contribution in [0, 0.1) is 0 Å². The molecule has 39 heavy (non-hydrogen) atoms. The third-order valence-electron chi connectivity index (χ3n) is 6.73. The highest BCUT2D eigenvalue weighted by Crippen LogP contribution is 2.39. The maximum atomic E-state index is 11.7. The molecule has 0 fully saturated rings. The Morgan fingerprint density at radius 1 is 1.00 bits per heavy atom. The van der Waals surface area contributed by atoms with E-state index in [0.29, 0.717) is 32.6 Å². The summed E-state index contributed by atoms with van der Waals surface area (Å²) in [6.07, 6.45) is 1.71. The number of carboxylic acid groups (broad SMARTS) is 1. The van der Waals surface area contributed by atoms with Gasteiger partial charge < -0.3 is 18.9 Å². The number of fused-ring (bicyclic) bond motifs is 1. The lowest BCUT2D eigenvalue weighted by atomic mass is 10.0. The molecule has 0 unspecified atom stereocenters. The second-order valence-electron chi connectivity index (χ2n) is 10.0. The van der Waals surface area contributed by atoms with Gasteiger partial charge in [-0.2, -0.15) is 0 Å². The van der Waals surface area contributed by atoms with Gasteiger partial charge in [-0.1, -0.05) is 72.5 Å². The number of carboxylic acids is 1. The van der Waals surface area contributed by atoms with Crippen molar-refractivity contribution in [2.24, 2.45) is 0 Å². The Labute approximate surface area is 236 Å². The van der Waals surface area contributed by atoms with Crippen molar-refractivity contribution >= 4 is 40.1 Å². The van der Waals surface area contributed by atoms with Crippen LogP contribution in [0.15, 0.2) is 71.4 Å². The Bertz CT molecular complexity index is 1650. The van der Waals surface area contributed by atoms with E-state index < -0.39 is 5.97 Å². The van der Waals surface area contributed by atoms with Crippen molar-refractivity contribution in [3.05, 3.63) is 93.8 Å². The number of rotatable bonds is 8. The van der Waals surface area contributed by atoms with Gasteiger partial charge in [0.2, 0.25) is 0 Å². The van der Waals surface area contributed by atoms with Crippen LogP contribution in [0.25, 0.3) is 33.3 Å². The van der Waals surface area contributed by atoms with Crippen LogP contribution in [0.1, 0.15) is 61.3 Å². The first kappa shape index (κ1) is 26.9. The van der Waals surface area contributed by atoms with Gasteiger partial charge in [0, 0.05) is 34.6 Å². The van der Waals surface area contributed by atoms with Crippen LogP contribution in [0.3, 0.4) is 0 Å². The average Bonchev–Trinajstić information content (AvgIpc) is 3.49. The highest BCUT2D eigenvalue weighted by molar-refractivity contribution is 6.39. The maximum Gasteiger partial charge on any atom is 0.337 e. The molecule has 0 atom stereocenters. The van der Waals surface area contributed by atoms with Gasteiger partial charge in [0.25, 0.3) is 0 Å². The Morgan fingerprint density at radius 3 is 2.28 bits per heavy atom. The number of carbonyl (C=O) groups is 1. The predicted molar refractivity (Wildman–Crippen MR) is 155 cm³/mol. The number of benzene rings is 3. The zero-order valence-electron chi connectivity index (χ0n) is 22.0. The molecule has 2 heterocycles. The SMILES string of the molecule is CC(C)c1onc(-c2c(Cl)cccc2Cl)c1COc1ccc(-c2ccc3c(C(=O)O)cn(C(C)C)c3c2)cc1. The lowest BCUT2D eigenvalue weighted by molar-refractivity contribution is 0.0698. The van der Waals surface area contributed by atoms with Crippen LogP contribution >= 0.6 is 23.2 Å². The van der Waals surface area contributed by atoms with Gasteiger partial charge in [-0.25, -0.2) is 4.79 Å². The molecular formula is C31H28Cl2N2O4. The van der Waals surface area contributed by atoms with Crippen LogP contribution in [0.2, 0.25) is 10.0 Å². The Hall–Kier alpha value is -3.74. The first-order valence-electron chi connectivity index (χ1n) is 12.7. The predicted octanol–water partition coefficient (Wildman–Crippen LogP) is 9.25. The fraction of sp³-hybridized carbons (Fsp3) is 0.226. The summed E-state index contributed by atoms with van der Waals surface area (Å²) in [6.45, 7) is 8.37. The standard InChI is InChI=1S/C31H28Cl2N2O4/c1-17(2)30-24(29(34-39-30)28-25(32)6-5-7-26(28)33)16-38-21-11-8-19(9-12-21)20-10-13-22-23(31(36)37)15-35(18(3)4)27(22)14-20/h5-15,17-18H,16H2,1-4H3,(H,36,37). The van der Waals surface area contributed by atoms with Crippen molar-refractivity contribution < 1.29 is 19.2 Å². The molecule has 0 saturated heterocycles. The summed E-state index contributed by atoms with van der Waals surface area (Å²) in [5, 5.41) is 15.6. The summed E-state index contributed by atoms with van der Waals surface area (Å²) >= 11 is 12.9. The van der Waals surface area contributed by atoms with Crippen molar-refractivity contribution in [3.63, 3.8) is 0 Å². The Kier molecular flexibility index (Phi) is 7.43. The van der Waals surface area contributed by atoms with E-state index >= 15 is 0 Å². The Morgan fingerprint density at radius 2 is 1.67 bits per heavy atom. The highest BCUT2D eigenvalue weighted by Gasteiger charge is 2.24. The zero-order chi connectivity index (χ0) is 27.8. The molecule has 5 aromatic rings. The number of hydrogen-bond acceptors (Lipinski definition) is 4. The summed E-state index contributed by atoms with van der Waals surface area (Å²) in [4.78, 5) is 11.7. The third kappa shape index (κ3) is 5.14. The zero-order valence-corrected chi connectivity index (χ0v) is 23.5. The molecule has 0 radical (unpaired) electrons. The summed E-state index contributed by atoms with van der Waals surface area (Å²) < 4.78 is 13.8. The fourth-order valence-electron chi connectivity index (χ4n) is 4.76. The topological polar surface area (TPSA) is 77.5 Å². The largest absolute Gasteiger partial charge is 0.489 e. The minimum absolute atomic E-state index is 0.0924. The number of halogens is 2. The first-order chi connectivity index (χ1) is 18.7. The second-order valence-corrected chi connectivity index (χ2v) is 10.8. The van der Waals surface area contributed by atoms with E-state index in [4.69, 9.17) is 32.5 Å². The summed E-state index contributed by atoms with van der Waals surface area (Å²) in [5.41, 5.74) is 5.18. The maximum absolute atomic E-state index is 11.7. The lowest BCUT2D eigenvalue weighted by Gasteiger charge is -2.12. The molecule has 5 rings (SSSR count). The first-order valence-corrected chi connectivity index (χ1v) is 13.4. The van der Waals surface area contributed by atoms with E-state index in [1.54, 1.807) is 24.4 Å². The quantitative estimate of drug-likeness (QED) is 0.204. The number of ether oxygens (including phenoxy) is 1. The van der Waals surface area contributed by atoms with Crippen molar-refractivity contribution in [3.8, 4) is 28.1 Å². The molecule has 0 aliphatic heterocycles. The van der Waals surface area contributed by atoms with Crippen molar-refractivity contribution in [2.75, 3.05) is 0 Å². The fourth-order valence-corrected chi connectivity index (χ4v) is 5.34. The van der Waals surface area contributed by atoms with E-state index in [9.17, 15) is 9.90 Å². The van der Waals surface area contributed by atoms with Gasteiger partial charge in [0.1, 0.15) is 23.8 Å². The van der Waals surface area contributed by atoms with Crippen molar-refractivity contribution in [2.45, 2.75) is 46.3 Å². The van der Waals surface area contributed by atoms with Gasteiger partial charge in [-0.3, -0.25) is 0 Å². The van der Waals surface area contributed by atoms with Crippen LogP contribution in [0.5, 0.6) is 5.75 Å². The molecular weight excluding hydrogens is 535 g/mol. The molecule has 0 amide bonds. The van der Waals surface area contributed by atoms with E-state index in [-0.39, 0.29) is 18.6 Å². The van der Waals surface area contributed by atoms with E-state index in [2.05, 4.69) is 5.16 Å². The van der Waals surface area contributed by atoms with E-state index in [1.807, 2.05) is 74.7 Å². The molecule has 0 aliphatic rings. The molecule has 200 valence electrons. The third-order valence-corrected chi connectivity index (χ3v) is 7.36. The van der Waals surface area contributed by atoms with Gasteiger partial charge in [-0.05, 0) is 55.3 Å². The normalized spacial score (nSPS) is 11.6. The minimum atomic E-state index is -0.929. The Balaban J connectivity index is 1.42. The summed E-state index contributed by atoms with van der Waals surface area (Å²) in [5.74, 6) is 0.572. The smallest absolute Gasteiger partial charge is 0.337 e. The van der Waals surface area contributed by atoms with Crippen molar-refractivity contribution in [1.29, 1.82) is 0 Å². The average molecular weight is 563 g/mol. The van der Waals surface area contributed by atoms with Gasteiger partial charge in [0.05, 0.1) is 21.2 Å². The molecule has 6 nitrogen and oxygen atoms in total. The van der Waals surface area contributed by atoms with Crippen LogP contribution in [-0.4, -0.2) is 20.8 Å². The molecule has 1 N–H and O–H groups in total. The van der Waals surface area contributed by atoms with Gasteiger partial charge in [-0.15, -0.1) is 0 Å². The molecule has 0 saturated carbocycles.